The van der Waals surface area contributed by atoms with Crippen LogP contribution in [0.2, 0.25) is 0 Å². The van der Waals surface area contributed by atoms with E-state index in [0.717, 1.165) is 23.4 Å². The fourth-order valence-electron chi connectivity index (χ4n) is 2.93. The van der Waals surface area contributed by atoms with Crippen LogP contribution in [0.15, 0.2) is 47.5 Å². The van der Waals surface area contributed by atoms with Gasteiger partial charge in [-0.3, -0.25) is 10.1 Å². The Kier molecular flexibility index (Phi) is 5.39. The Balaban J connectivity index is 1.77. The van der Waals surface area contributed by atoms with Gasteiger partial charge in [-0.15, -0.1) is 0 Å². The van der Waals surface area contributed by atoms with Crippen molar-refractivity contribution < 1.29 is 22.8 Å². The lowest BCUT2D eigenvalue weighted by molar-refractivity contribution is -0.385. The summed E-state index contributed by atoms with van der Waals surface area (Å²) in [5.74, 6) is 0.759. The summed E-state index contributed by atoms with van der Waals surface area (Å²) in [5, 5.41) is 13.9. The van der Waals surface area contributed by atoms with Crippen LogP contribution in [0, 0.1) is 10.1 Å². The van der Waals surface area contributed by atoms with Crippen molar-refractivity contribution >= 4 is 11.6 Å². The van der Waals surface area contributed by atoms with Crippen molar-refractivity contribution in [2.24, 2.45) is 10.7 Å². The molecule has 3 rings (SSSR count). The first-order chi connectivity index (χ1) is 13.2. The monoisotopic (exact) mass is 394 g/mol. The number of para-hydroxylation sites is 1. The van der Waals surface area contributed by atoms with Gasteiger partial charge < -0.3 is 15.8 Å². The van der Waals surface area contributed by atoms with Crippen LogP contribution >= 0.6 is 0 Å². The summed E-state index contributed by atoms with van der Waals surface area (Å²) < 4.78 is 44.4. The summed E-state index contributed by atoms with van der Waals surface area (Å²) in [6.45, 7) is 0.260. The van der Waals surface area contributed by atoms with E-state index in [-0.39, 0.29) is 24.1 Å². The second-order valence-corrected chi connectivity index (χ2v) is 6.22. The van der Waals surface area contributed by atoms with Gasteiger partial charge in [0.1, 0.15) is 5.75 Å². The van der Waals surface area contributed by atoms with Crippen LogP contribution in [0.5, 0.6) is 5.75 Å². The maximum atomic E-state index is 13.0. The van der Waals surface area contributed by atoms with Gasteiger partial charge in [-0.25, -0.2) is 4.99 Å². The molecule has 0 aromatic heterocycles. The third kappa shape index (κ3) is 4.51. The van der Waals surface area contributed by atoms with Crippen molar-refractivity contribution in [3.63, 3.8) is 0 Å². The second-order valence-electron chi connectivity index (χ2n) is 6.22. The van der Waals surface area contributed by atoms with Gasteiger partial charge in [0.15, 0.2) is 5.96 Å². The number of benzene rings is 2. The van der Waals surface area contributed by atoms with Gasteiger partial charge in [0.25, 0.3) is 5.69 Å². The summed E-state index contributed by atoms with van der Waals surface area (Å²) in [6, 6.07) is 9.64. The highest BCUT2D eigenvalue weighted by molar-refractivity contribution is 5.78. The zero-order valence-electron chi connectivity index (χ0n) is 14.6. The maximum absolute atomic E-state index is 13.0. The number of non-ortho nitro benzene ring substituents is 1. The van der Waals surface area contributed by atoms with E-state index in [4.69, 9.17) is 10.5 Å². The normalized spacial score (nSPS) is 16.8. The molecule has 10 heteroatoms. The largest absolute Gasteiger partial charge is 0.493 e. The van der Waals surface area contributed by atoms with Crippen molar-refractivity contribution in [3.05, 3.63) is 69.3 Å². The molecule has 0 saturated carbocycles. The van der Waals surface area contributed by atoms with Gasteiger partial charge in [0.2, 0.25) is 0 Å². The highest BCUT2D eigenvalue weighted by atomic mass is 19.4. The van der Waals surface area contributed by atoms with Crippen molar-refractivity contribution in [1.82, 2.24) is 5.32 Å². The van der Waals surface area contributed by atoms with Gasteiger partial charge in [0, 0.05) is 24.1 Å². The minimum absolute atomic E-state index is 0.0294. The number of alkyl halides is 3. The number of nitrogens with one attached hydrogen (secondary N) is 1. The van der Waals surface area contributed by atoms with Gasteiger partial charge >= 0.3 is 6.18 Å². The molecular weight excluding hydrogens is 377 g/mol. The van der Waals surface area contributed by atoms with E-state index in [1.165, 1.54) is 0 Å². The number of guanidine groups is 1. The topological polar surface area (TPSA) is 103 Å². The van der Waals surface area contributed by atoms with E-state index in [2.05, 4.69) is 10.3 Å². The van der Waals surface area contributed by atoms with Gasteiger partial charge in [-0.2, -0.15) is 13.2 Å². The van der Waals surface area contributed by atoms with E-state index in [1.54, 1.807) is 0 Å². The van der Waals surface area contributed by atoms with Crippen LogP contribution < -0.4 is 15.8 Å². The SMILES string of the molecule is NC(=NCc1cc([N+](=O)[O-])cc(C(F)(F)F)c1)NC1CCOc2ccccc21. The minimum Gasteiger partial charge on any atom is -0.493 e. The summed E-state index contributed by atoms with van der Waals surface area (Å²) >= 11 is 0. The van der Waals surface area contributed by atoms with Crippen LogP contribution in [0.25, 0.3) is 0 Å². The molecule has 148 valence electrons. The molecule has 0 fully saturated rings. The van der Waals surface area contributed by atoms with Crippen LogP contribution in [0.4, 0.5) is 18.9 Å². The molecule has 0 spiro atoms. The van der Waals surface area contributed by atoms with Crippen LogP contribution in [-0.4, -0.2) is 17.5 Å². The van der Waals surface area contributed by atoms with E-state index in [1.807, 2.05) is 24.3 Å². The van der Waals surface area contributed by atoms with Gasteiger partial charge in [0.05, 0.1) is 29.7 Å². The van der Waals surface area contributed by atoms with Crippen molar-refractivity contribution in [3.8, 4) is 5.75 Å². The first-order valence-electron chi connectivity index (χ1n) is 8.38. The van der Waals surface area contributed by atoms with Crippen molar-refractivity contribution in [1.29, 1.82) is 0 Å². The molecule has 2 aromatic carbocycles. The zero-order chi connectivity index (χ0) is 20.3. The van der Waals surface area contributed by atoms with Gasteiger partial charge in [-0.05, 0) is 17.7 Å². The lowest BCUT2D eigenvalue weighted by Gasteiger charge is -2.26. The van der Waals surface area contributed by atoms with Crippen LogP contribution in [0.3, 0.4) is 0 Å². The van der Waals surface area contributed by atoms with Crippen LogP contribution in [0.1, 0.15) is 29.2 Å². The molecular formula is C18H17F3N4O3. The van der Waals surface area contributed by atoms with Crippen molar-refractivity contribution in [2.45, 2.75) is 25.2 Å². The standard InChI is InChI=1S/C18H17F3N4O3/c19-18(20,21)12-7-11(8-13(9-12)25(26)27)10-23-17(22)24-15-5-6-28-16-4-2-1-3-14(15)16/h1-4,7-9,15H,5-6,10H2,(H3,22,23,24). The smallest absolute Gasteiger partial charge is 0.416 e. The number of rotatable bonds is 4. The Morgan fingerprint density at radius 1 is 1.32 bits per heavy atom. The minimum atomic E-state index is -4.69. The molecule has 1 atom stereocenters. The van der Waals surface area contributed by atoms with E-state index >= 15 is 0 Å². The summed E-state index contributed by atoms with van der Waals surface area (Å²) in [5.41, 5.74) is 5.07. The third-order valence-corrected chi connectivity index (χ3v) is 4.23. The third-order valence-electron chi connectivity index (χ3n) is 4.23. The van der Waals surface area contributed by atoms with Crippen molar-refractivity contribution in [2.75, 3.05) is 6.61 Å². The van der Waals surface area contributed by atoms with E-state index in [9.17, 15) is 23.3 Å². The number of nitrogens with zero attached hydrogens (tertiary/aromatic N) is 2. The molecule has 7 nitrogen and oxygen atoms in total. The lowest BCUT2D eigenvalue weighted by Crippen LogP contribution is -2.37. The number of nitrogens with two attached hydrogens (primary N) is 1. The Hall–Kier alpha value is -3.30. The fraction of sp³-hybridized carbons (Fsp3) is 0.278. The molecule has 0 radical (unpaired) electrons. The summed E-state index contributed by atoms with van der Waals surface area (Å²) in [6.07, 6.45) is -4.05. The van der Waals surface area contributed by atoms with Gasteiger partial charge in [-0.1, -0.05) is 18.2 Å². The molecule has 0 amide bonds. The number of fused-ring (bicyclic) bond motifs is 1. The number of aliphatic imine (C=N–C) groups is 1. The Morgan fingerprint density at radius 2 is 2.07 bits per heavy atom. The molecule has 1 unspecified atom stereocenters. The van der Waals surface area contributed by atoms with E-state index in [0.29, 0.717) is 19.1 Å². The molecule has 2 aromatic rings. The quantitative estimate of drug-likeness (QED) is 0.357. The van der Waals surface area contributed by atoms with Crippen LogP contribution in [-0.2, 0) is 12.7 Å². The second kappa shape index (κ2) is 7.75. The first kappa shape index (κ1) is 19.5. The number of halogens is 3. The summed E-state index contributed by atoms with van der Waals surface area (Å²) in [4.78, 5) is 14.1. The predicted octanol–water partition coefficient (Wildman–Crippen LogP) is 3.54. The average Bonchev–Trinajstić information content (AvgIpc) is 2.66. The number of ether oxygens (including phenoxy) is 1. The predicted molar refractivity (Wildman–Crippen MR) is 95.9 cm³/mol. The number of hydrogen-bond donors (Lipinski definition) is 2. The molecule has 1 aliphatic heterocycles. The number of nitro groups is 1. The Labute approximate surface area is 158 Å². The fourth-order valence-corrected chi connectivity index (χ4v) is 2.93. The molecule has 3 N–H and O–H groups in total. The molecule has 0 bridgehead atoms. The first-order valence-corrected chi connectivity index (χ1v) is 8.38. The molecule has 28 heavy (non-hydrogen) atoms. The lowest BCUT2D eigenvalue weighted by atomic mass is 10.0. The zero-order valence-corrected chi connectivity index (χ0v) is 14.6. The number of hydrogen-bond acceptors (Lipinski definition) is 4. The maximum Gasteiger partial charge on any atom is 0.416 e. The highest BCUT2D eigenvalue weighted by Crippen LogP contribution is 2.33. The Bertz CT molecular complexity index is 915. The molecule has 0 saturated heterocycles. The van der Waals surface area contributed by atoms with E-state index < -0.39 is 22.4 Å². The summed E-state index contributed by atoms with van der Waals surface area (Å²) in [7, 11) is 0. The molecule has 1 heterocycles. The average molecular weight is 394 g/mol. The highest BCUT2D eigenvalue weighted by Gasteiger charge is 2.32. The Morgan fingerprint density at radius 3 is 2.79 bits per heavy atom. The molecule has 0 aliphatic carbocycles. The molecule has 1 aliphatic rings. The number of nitro benzene ring substituents is 1.